The Hall–Kier alpha value is -0.820. The van der Waals surface area contributed by atoms with E-state index in [1.165, 1.54) is 12.1 Å². The molecule has 0 bridgehead atoms. The lowest BCUT2D eigenvalue weighted by molar-refractivity contribution is 0.249. The minimum atomic E-state index is -3.67. The van der Waals surface area contributed by atoms with Gasteiger partial charge in [-0.1, -0.05) is 11.6 Å². The van der Waals surface area contributed by atoms with E-state index < -0.39 is 10.0 Å². The number of nitrogens with two attached hydrogens (primary N) is 1. The zero-order chi connectivity index (χ0) is 14.1. The molecule has 2 rings (SSSR count). The maximum absolute atomic E-state index is 12.2. The molecule has 0 amide bonds. The first-order valence-electron chi connectivity index (χ1n) is 6.04. The molecule has 1 aliphatic rings. The van der Waals surface area contributed by atoms with Crippen molar-refractivity contribution in [1.29, 1.82) is 0 Å². The van der Waals surface area contributed by atoms with Crippen LogP contribution in [0.3, 0.4) is 0 Å². The normalized spacial score (nSPS) is 17.4. The Bertz CT molecular complexity index is 570. The minimum absolute atomic E-state index is 0.00559. The maximum Gasteiger partial charge on any atom is 0.242 e. The molecule has 1 aromatic carbocycles. The van der Waals surface area contributed by atoms with Crippen LogP contribution >= 0.6 is 11.6 Å². The zero-order valence-electron chi connectivity index (χ0n) is 10.4. The van der Waals surface area contributed by atoms with Crippen LogP contribution in [0.1, 0.15) is 19.3 Å². The standard InChI is InChI=1S/C12H17ClN2O3S/c13-10-2-1-9(14)7-11(10)19(17,18)15-8-12(3-4-12)5-6-16/h1-2,7,15-16H,3-6,8,14H2. The Balaban J connectivity index is 2.12. The Morgan fingerprint density at radius 3 is 2.68 bits per heavy atom. The molecule has 106 valence electrons. The summed E-state index contributed by atoms with van der Waals surface area (Å²) in [6.45, 7) is 0.391. The number of benzene rings is 1. The van der Waals surface area contributed by atoms with Crippen LogP contribution in [0.2, 0.25) is 5.02 Å². The minimum Gasteiger partial charge on any atom is -0.399 e. The average Bonchev–Trinajstić information content (AvgIpc) is 3.11. The first-order valence-corrected chi connectivity index (χ1v) is 7.90. The van der Waals surface area contributed by atoms with Gasteiger partial charge in [-0.2, -0.15) is 0 Å². The number of nitrogen functional groups attached to an aromatic ring is 1. The number of sulfonamides is 1. The van der Waals surface area contributed by atoms with Crippen LogP contribution in [0.25, 0.3) is 0 Å². The van der Waals surface area contributed by atoms with Crippen molar-refractivity contribution >= 4 is 27.3 Å². The molecular formula is C12H17ClN2O3S. The van der Waals surface area contributed by atoms with Crippen LogP contribution in [0.4, 0.5) is 5.69 Å². The molecule has 0 radical (unpaired) electrons. The highest BCUT2D eigenvalue weighted by Gasteiger charge is 2.42. The molecule has 4 N–H and O–H groups in total. The van der Waals surface area contributed by atoms with Gasteiger partial charge in [-0.25, -0.2) is 13.1 Å². The lowest BCUT2D eigenvalue weighted by atomic mass is 10.0. The number of hydrogen-bond acceptors (Lipinski definition) is 4. The van der Waals surface area contributed by atoms with Gasteiger partial charge in [0, 0.05) is 18.8 Å². The number of hydrogen-bond donors (Lipinski definition) is 3. The summed E-state index contributed by atoms with van der Waals surface area (Å²) in [5.41, 5.74) is 5.84. The van der Waals surface area contributed by atoms with Gasteiger partial charge in [0.25, 0.3) is 0 Å². The van der Waals surface area contributed by atoms with Gasteiger partial charge in [0.15, 0.2) is 0 Å². The zero-order valence-corrected chi connectivity index (χ0v) is 12.0. The van der Waals surface area contributed by atoms with Crippen molar-refractivity contribution in [2.45, 2.75) is 24.2 Å². The third-order valence-electron chi connectivity index (χ3n) is 3.48. The van der Waals surface area contributed by atoms with E-state index in [4.69, 9.17) is 22.4 Å². The largest absolute Gasteiger partial charge is 0.399 e. The molecule has 0 unspecified atom stereocenters. The van der Waals surface area contributed by atoms with Crippen LogP contribution in [-0.2, 0) is 10.0 Å². The average molecular weight is 305 g/mol. The molecule has 1 aromatic rings. The van der Waals surface area contributed by atoms with Crippen LogP contribution < -0.4 is 10.5 Å². The Morgan fingerprint density at radius 2 is 2.11 bits per heavy atom. The number of halogens is 1. The summed E-state index contributed by atoms with van der Waals surface area (Å²) < 4.78 is 26.9. The number of aliphatic hydroxyl groups excluding tert-OH is 1. The highest BCUT2D eigenvalue weighted by Crippen LogP contribution is 2.48. The first kappa shape index (κ1) is 14.6. The predicted molar refractivity (Wildman–Crippen MR) is 74.4 cm³/mol. The van der Waals surface area contributed by atoms with E-state index in [1.807, 2.05) is 0 Å². The van der Waals surface area contributed by atoms with Crippen LogP contribution in [0, 0.1) is 5.41 Å². The summed E-state index contributed by atoms with van der Waals surface area (Å²) in [6, 6.07) is 4.36. The third-order valence-corrected chi connectivity index (χ3v) is 5.36. The van der Waals surface area contributed by atoms with E-state index in [2.05, 4.69) is 4.72 Å². The van der Waals surface area contributed by atoms with Crippen LogP contribution in [0.5, 0.6) is 0 Å². The van der Waals surface area contributed by atoms with Gasteiger partial charge in [0.05, 0.1) is 5.02 Å². The fraction of sp³-hybridized carbons (Fsp3) is 0.500. The predicted octanol–water partition coefficient (Wildman–Crippen LogP) is 1.36. The van der Waals surface area contributed by atoms with Gasteiger partial charge >= 0.3 is 0 Å². The Labute approximate surface area is 117 Å². The summed E-state index contributed by atoms with van der Waals surface area (Å²) in [5, 5.41) is 9.10. The molecule has 0 aromatic heterocycles. The molecule has 7 heteroatoms. The molecule has 1 aliphatic carbocycles. The third kappa shape index (κ3) is 3.39. The van der Waals surface area contributed by atoms with E-state index >= 15 is 0 Å². The molecule has 0 saturated heterocycles. The van der Waals surface area contributed by atoms with E-state index in [9.17, 15) is 8.42 Å². The highest BCUT2D eigenvalue weighted by molar-refractivity contribution is 7.89. The fourth-order valence-electron chi connectivity index (χ4n) is 1.98. The smallest absolute Gasteiger partial charge is 0.242 e. The second-order valence-corrected chi connectivity index (χ2v) is 7.13. The van der Waals surface area contributed by atoms with E-state index in [0.29, 0.717) is 18.7 Å². The molecule has 1 fully saturated rings. The molecule has 5 nitrogen and oxygen atoms in total. The SMILES string of the molecule is Nc1ccc(Cl)c(S(=O)(=O)NCC2(CCO)CC2)c1. The van der Waals surface area contributed by atoms with Crippen molar-refractivity contribution < 1.29 is 13.5 Å². The summed E-state index contributed by atoms with van der Waals surface area (Å²) in [4.78, 5) is -0.00559. The molecule has 0 atom stereocenters. The topological polar surface area (TPSA) is 92.4 Å². The van der Waals surface area contributed by atoms with Gasteiger partial charge in [-0.3, -0.25) is 0 Å². The highest BCUT2D eigenvalue weighted by atomic mass is 35.5. The van der Waals surface area contributed by atoms with Crippen molar-refractivity contribution in [3.63, 3.8) is 0 Å². The van der Waals surface area contributed by atoms with Crippen molar-refractivity contribution in [3.05, 3.63) is 23.2 Å². The fourth-order valence-corrected chi connectivity index (χ4v) is 3.67. The van der Waals surface area contributed by atoms with Crippen molar-refractivity contribution in [3.8, 4) is 0 Å². The molecular weight excluding hydrogens is 288 g/mol. The second kappa shape index (κ2) is 5.28. The monoisotopic (exact) mass is 304 g/mol. The maximum atomic E-state index is 12.2. The van der Waals surface area contributed by atoms with Gasteiger partial charge in [-0.15, -0.1) is 0 Å². The van der Waals surface area contributed by atoms with Crippen LogP contribution in [0.15, 0.2) is 23.1 Å². The quantitative estimate of drug-likeness (QED) is 0.692. The van der Waals surface area contributed by atoms with Gasteiger partial charge in [0.2, 0.25) is 10.0 Å². The van der Waals surface area contributed by atoms with Crippen molar-refractivity contribution in [1.82, 2.24) is 4.72 Å². The van der Waals surface area contributed by atoms with Crippen molar-refractivity contribution in [2.75, 3.05) is 18.9 Å². The molecule has 0 spiro atoms. The Morgan fingerprint density at radius 1 is 1.42 bits per heavy atom. The number of anilines is 1. The first-order chi connectivity index (χ1) is 8.88. The summed E-state index contributed by atoms with van der Waals surface area (Å²) in [6.07, 6.45) is 2.47. The Kier molecular flexibility index (Phi) is 4.06. The van der Waals surface area contributed by atoms with Crippen molar-refractivity contribution in [2.24, 2.45) is 5.41 Å². The number of aliphatic hydroxyl groups is 1. The number of rotatable bonds is 6. The summed E-state index contributed by atoms with van der Waals surface area (Å²) >= 11 is 5.89. The second-order valence-electron chi connectivity index (χ2n) is 4.99. The molecule has 0 aliphatic heterocycles. The lowest BCUT2D eigenvalue weighted by Crippen LogP contribution is -2.31. The van der Waals surface area contributed by atoms with Gasteiger partial charge in [-0.05, 0) is 42.9 Å². The molecule has 19 heavy (non-hydrogen) atoms. The lowest BCUT2D eigenvalue weighted by Gasteiger charge is -2.15. The van der Waals surface area contributed by atoms with E-state index in [1.54, 1.807) is 6.07 Å². The summed E-state index contributed by atoms with van der Waals surface area (Å²) in [5.74, 6) is 0. The van der Waals surface area contributed by atoms with Gasteiger partial charge in [0.1, 0.15) is 4.90 Å². The molecule has 1 saturated carbocycles. The van der Waals surface area contributed by atoms with E-state index in [-0.39, 0.29) is 21.9 Å². The van der Waals surface area contributed by atoms with Crippen LogP contribution in [-0.4, -0.2) is 26.7 Å². The summed E-state index contributed by atoms with van der Waals surface area (Å²) in [7, 11) is -3.67. The van der Waals surface area contributed by atoms with E-state index in [0.717, 1.165) is 12.8 Å². The number of nitrogens with one attached hydrogen (secondary N) is 1. The van der Waals surface area contributed by atoms with Gasteiger partial charge < -0.3 is 10.8 Å². The molecule has 0 heterocycles.